The van der Waals surface area contributed by atoms with Crippen LogP contribution in [0.1, 0.15) is 36.0 Å². The van der Waals surface area contributed by atoms with Crippen LogP contribution in [-0.4, -0.2) is 68.0 Å². The molecule has 1 N–H and O–H groups in total. The van der Waals surface area contributed by atoms with Gasteiger partial charge in [-0.15, -0.1) is 10.2 Å². The number of imidazole rings is 1. The first kappa shape index (κ1) is 24.4. The zero-order valence-electron chi connectivity index (χ0n) is 18.7. The van der Waals surface area contributed by atoms with Gasteiger partial charge in [0.1, 0.15) is 0 Å². The number of halogens is 4. The van der Waals surface area contributed by atoms with Crippen molar-refractivity contribution in [1.29, 1.82) is 0 Å². The molecule has 0 spiro atoms. The van der Waals surface area contributed by atoms with Crippen molar-refractivity contribution in [3.8, 4) is 0 Å². The maximum atomic E-state index is 12.9. The molecule has 1 aromatic carbocycles. The predicted molar refractivity (Wildman–Crippen MR) is 119 cm³/mol. The highest BCUT2D eigenvalue weighted by molar-refractivity contribution is 6.28. The predicted octanol–water partition coefficient (Wildman–Crippen LogP) is 3.37. The third-order valence-corrected chi connectivity index (χ3v) is 5.61. The van der Waals surface area contributed by atoms with E-state index in [0.29, 0.717) is 56.2 Å². The number of alkyl halides is 3. The Morgan fingerprint density at radius 3 is 2.85 bits per heavy atom. The maximum absolute atomic E-state index is 12.9. The first-order valence-electron chi connectivity index (χ1n) is 11.0. The zero-order valence-corrected chi connectivity index (χ0v) is 19.5. The summed E-state index contributed by atoms with van der Waals surface area (Å²) < 4.78 is 44.2. The van der Waals surface area contributed by atoms with E-state index in [1.54, 1.807) is 6.07 Å². The summed E-state index contributed by atoms with van der Waals surface area (Å²) in [5.74, 6) is 1.24. The minimum atomic E-state index is -4.38. The van der Waals surface area contributed by atoms with Gasteiger partial charge in [0, 0.05) is 32.7 Å². The van der Waals surface area contributed by atoms with Gasteiger partial charge in [-0.2, -0.15) is 18.0 Å². The topological polar surface area (TPSA) is 88.0 Å². The number of hydrogen-bond donors (Lipinski definition) is 1. The molecule has 3 heterocycles. The van der Waals surface area contributed by atoms with Crippen LogP contribution in [0.2, 0.25) is 5.28 Å². The Labute approximate surface area is 199 Å². The molecule has 1 aliphatic rings. The van der Waals surface area contributed by atoms with Crippen LogP contribution in [-0.2, 0) is 30.4 Å². The Hall–Kier alpha value is -2.70. The minimum absolute atomic E-state index is 0.189. The van der Waals surface area contributed by atoms with Crippen molar-refractivity contribution in [2.24, 2.45) is 0 Å². The van der Waals surface area contributed by atoms with Crippen molar-refractivity contribution in [2.45, 2.75) is 39.0 Å². The molecule has 0 saturated carbocycles. The molecule has 0 radical (unpaired) electrons. The molecule has 0 atom stereocenters. The van der Waals surface area contributed by atoms with E-state index in [2.05, 4.69) is 35.2 Å². The molecule has 9 nitrogen and oxygen atoms in total. The zero-order chi connectivity index (χ0) is 24.1. The van der Waals surface area contributed by atoms with Crippen LogP contribution in [0.5, 0.6) is 0 Å². The highest BCUT2D eigenvalue weighted by Crippen LogP contribution is 2.30. The third-order valence-electron chi connectivity index (χ3n) is 5.43. The number of aromatic nitrogens is 6. The maximum Gasteiger partial charge on any atom is 0.416 e. The lowest BCUT2D eigenvalue weighted by molar-refractivity contribution is -0.137. The van der Waals surface area contributed by atoms with Crippen LogP contribution >= 0.6 is 11.6 Å². The summed E-state index contributed by atoms with van der Waals surface area (Å²) in [5.41, 5.74) is 0.773. The van der Waals surface area contributed by atoms with Crippen molar-refractivity contribution < 1.29 is 17.9 Å². The SMILES string of the molecule is CCOCCN1CN(CCCn2nnc(Cc3cccc(C(F)(F)F)c3)n2)Cc2[nH]c(Cl)nc21. The quantitative estimate of drug-likeness (QED) is 0.429. The second-order valence-electron chi connectivity index (χ2n) is 8.01. The number of rotatable bonds is 10. The average molecular weight is 499 g/mol. The molecule has 13 heteroatoms. The van der Waals surface area contributed by atoms with Gasteiger partial charge in [0.2, 0.25) is 5.28 Å². The number of aromatic amines is 1. The van der Waals surface area contributed by atoms with Crippen LogP contribution in [0.4, 0.5) is 19.0 Å². The Kier molecular flexibility index (Phi) is 7.69. The number of tetrazole rings is 1. The smallest absolute Gasteiger partial charge is 0.380 e. The summed E-state index contributed by atoms with van der Waals surface area (Å²) in [4.78, 5) is 13.4. The van der Waals surface area contributed by atoms with Crippen LogP contribution in [0, 0.1) is 0 Å². The minimum Gasteiger partial charge on any atom is -0.380 e. The van der Waals surface area contributed by atoms with Gasteiger partial charge in [-0.05, 0) is 41.8 Å². The molecule has 0 amide bonds. The molecule has 34 heavy (non-hydrogen) atoms. The van der Waals surface area contributed by atoms with E-state index in [9.17, 15) is 13.2 Å². The number of fused-ring (bicyclic) bond motifs is 1. The van der Waals surface area contributed by atoms with E-state index in [1.807, 2.05) is 6.92 Å². The van der Waals surface area contributed by atoms with Crippen molar-refractivity contribution in [3.05, 3.63) is 52.2 Å². The number of nitrogens with zero attached hydrogens (tertiary/aromatic N) is 7. The second-order valence-corrected chi connectivity index (χ2v) is 8.37. The number of benzene rings is 1. The number of H-pyrrole nitrogens is 1. The van der Waals surface area contributed by atoms with E-state index in [0.717, 1.165) is 36.6 Å². The molecule has 0 bridgehead atoms. The van der Waals surface area contributed by atoms with Crippen molar-refractivity contribution in [1.82, 2.24) is 35.1 Å². The fraction of sp³-hybridized carbons (Fsp3) is 0.524. The molecule has 3 aromatic rings. The molecular weight excluding hydrogens is 473 g/mol. The van der Waals surface area contributed by atoms with Gasteiger partial charge in [0.25, 0.3) is 0 Å². The van der Waals surface area contributed by atoms with Gasteiger partial charge >= 0.3 is 6.18 Å². The molecular formula is C21H26ClF3N8O. The van der Waals surface area contributed by atoms with Crippen LogP contribution in [0.15, 0.2) is 24.3 Å². The summed E-state index contributed by atoms with van der Waals surface area (Å²) in [5, 5.41) is 12.7. The average Bonchev–Trinajstić information content (AvgIpc) is 3.39. The summed E-state index contributed by atoms with van der Waals surface area (Å²) in [6.45, 7) is 6.66. The fourth-order valence-electron chi connectivity index (χ4n) is 3.89. The lowest BCUT2D eigenvalue weighted by Crippen LogP contribution is -2.44. The highest BCUT2D eigenvalue weighted by Gasteiger charge is 2.30. The van der Waals surface area contributed by atoms with Gasteiger partial charge in [-0.1, -0.05) is 18.2 Å². The second kappa shape index (κ2) is 10.7. The van der Waals surface area contributed by atoms with Crippen LogP contribution in [0.3, 0.4) is 0 Å². The van der Waals surface area contributed by atoms with Gasteiger partial charge in [0.15, 0.2) is 11.6 Å². The molecule has 1 aliphatic heterocycles. The molecule has 0 saturated heterocycles. The van der Waals surface area contributed by atoms with E-state index < -0.39 is 11.7 Å². The molecule has 0 aliphatic carbocycles. The van der Waals surface area contributed by atoms with Crippen molar-refractivity contribution in [2.75, 3.05) is 37.9 Å². The molecule has 2 aromatic heterocycles. The fourth-order valence-corrected chi connectivity index (χ4v) is 4.08. The largest absolute Gasteiger partial charge is 0.416 e. The molecule has 184 valence electrons. The first-order valence-corrected chi connectivity index (χ1v) is 11.4. The van der Waals surface area contributed by atoms with Gasteiger partial charge in [-0.3, -0.25) is 4.90 Å². The first-order chi connectivity index (χ1) is 16.3. The van der Waals surface area contributed by atoms with Gasteiger partial charge in [-0.25, -0.2) is 4.98 Å². The van der Waals surface area contributed by atoms with Crippen molar-refractivity contribution in [3.63, 3.8) is 0 Å². The van der Waals surface area contributed by atoms with Crippen LogP contribution in [0.25, 0.3) is 0 Å². The number of anilines is 1. The van der Waals surface area contributed by atoms with E-state index in [4.69, 9.17) is 16.3 Å². The van der Waals surface area contributed by atoms with E-state index in [-0.39, 0.29) is 6.42 Å². The summed E-state index contributed by atoms with van der Waals surface area (Å²) >= 11 is 6.08. The highest BCUT2D eigenvalue weighted by atomic mass is 35.5. The van der Waals surface area contributed by atoms with E-state index in [1.165, 1.54) is 10.9 Å². The third kappa shape index (κ3) is 6.24. The molecule has 4 rings (SSSR count). The summed E-state index contributed by atoms with van der Waals surface area (Å²) in [6.07, 6.45) is -3.42. The number of nitrogens with one attached hydrogen (secondary N) is 1. The van der Waals surface area contributed by atoms with Crippen molar-refractivity contribution >= 4 is 17.4 Å². The lowest BCUT2D eigenvalue weighted by Gasteiger charge is -2.35. The number of aryl methyl sites for hydroxylation is 1. The molecule has 0 unspecified atom stereocenters. The number of hydrogen-bond acceptors (Lipinski definition) is 7. The van der Waals surface area contributed by atoms with E-state index >= 15 is 0 Å². The number of ether oxygens (including phenoxy) is 1. The van der Waals surface area contributed by atoms with Crippen LogP contribution < -0.4 is 4.90 Å². The Morgan fingerprint density at radius 1 is 1.21 bits per heavy atom. The lowest BCUT2D eigenvalue weighted by atomic mass is 10.1. The Morgan fingerprint density at radius 2 is 2.06 bits per heavy atom. The monoisotopic (exact) mass is 498 g/mol. The summed E-state index contributed by atoms with van der Waals surface area (Å²) in [7, 11) is 0. The van der Waals surface area contributed by atoms with Gasteiger partial charge in [0.05, 0.1) is 31.1 Å². The normalized spacial score (nSPS) is 14.6. The van der Waals surface area contributed by atoms with Gasteiger partial charge < -0.3 is 14.6 Å². The standard InChI is InChI=1S/C21H26ClF3N8O/c1-2-34-10-9-32-14-31(13-17-19(32)27-20(22)26-17)7-4-8-33-29-18(28-30-33)12-15-5-3-6-16(11-15)21(23,24)25/h3,5-6,11H,2,4,7-10,12-14H2,1H3,(H,26,27). The Balaban J connectivity index is 1.29. The Bertz CT molecular complexity index is 1090. The summed E-state index contributed by atoms with van der Waals surface area (Å²) in [6, 6.07) is 5.17. The molecule has 0 fully saturated rings.